The van der Waals surface area contributed by atoms with Crippen molar-refractivity contribution in [2.45, 2.75) is 13.3 Å². The van der Waals surface area contributed by atoms with Crippen molar-refractivity contribution in [3.63, 3.8) is 0 Å². The normalized spacial score (nSPS) is 19.8. The van der Waals surface area contributed by atoms with Crippen LogP contribution in [-0.2, 0) is 14.3 Å². The molecule has 34 heavy (non-hydrogen) atoms. The summed E-state index contributed by atoms with van der Waals surface area (Å²) in [5.41, 5.74) is 2.52. The molecule has 0 saturated carbocycles. The Morgan fingerprint density at radius 1 is 1.00 bits per heavy atom. The Morgan fingerprint density at radius 2 is 1.76 bits per heavy atom. The largest absolute Gasteiger partial charge is 0.486 e. The zero-order valence-corrected chi connectivity index (χ0v) is 19.0. The molecule has 0 bridgehead atoms. The molecule has 178 valence electrons. The van der Waals surface area contributed by atoms with Crippen molar-refractivity contribution in [2.24, 2.45) is 5.92 Å². The van der Waals surface area contributed by atoms with Gasteiger partial charge >= 0.3 is 0 Å². The number of amides is 3. The number of fused-ring (bicyclic) bond motifs is 1. The van der Waals surface area contributed by atoms with Gasteiger partial charge in [-0.1, -0.05) is 6.07 Å². The van der Waals surface area contributed by atoms with Crippen LogP contribution in [0.5, 0.6) is 11.5 Å². The van der Waals surface area contributed by atoms with Gasteiger partial charge in [-0.2, -0.15) is 0 Å². The van der Waals surface area contributed by atoms with Gasteiger partial charge in [0, 0.05) is 49.1 Å². The Bertz CT molecular complexity index is 1130. The minimum atomic E-state index is -0.501. The van der Waals surface area contributed by atoms with Crippen molar-refractivity contribution in [1.82, 2.24) is 4.90 Å². The van der Waals surface area contributed by atoms with E-state index in [4.69, 9.17) is 14.2 Å². The van der Waals surface area contributed by atoms with E-state index in [1.165, 1.54) is 0 Å². The summed E-state index contributed by atoms with van der Waals surface area (Å²) >= 11 is 0. The van der Waals surface area contributed by atoms with E-state index in [9.17, 15) is 14.4 Å². The van der Waals surface area contributed by atoms with Gasteiger partial charge < -0.3 is 29.3 Å². The summed E-state index contributed by atoms with van der Waals surface area (Å²) < 4.78 is 16.5. The molecule has 3 amide bonds. The van der Waals surface area contributed by atoms with E-state index in [0.29, 0.717) is 73.5 Å². The van der Waals surface area contributed by atoms with Gasteiger partial charge in [0.15, 0.2) is 11.5 Å². The van der Waals surface area contributed by atoms with E-state index in [-0.39, 0.29) is 30.7 Å². The van der Waals surface area contributed by atoms with Crippen LogP contribution in [0, 0.1) is 12.8 Å². The number of morpholine rings is 1. The fourth-order valence-electron chi connectivity index (χ4n) is 4.51. The zero-order valence-electron chi connectivity index (χ0n) is 19.0. The maximum Gasteiger partial charge on any atom is 0.254 e. The Labute approximate surface area is 197 Å². The first-order valence-corrected chi connectivity index (χ1v) is 11.5. The van der Waals surface area contributed by atoms with Crippen molar-refractivity contribution >= 4 is 29.1 Å². The fourth-order valence-corrected chi connectivity index (χ4v) is 4.51. The summed E-state index contributed by atoms with van der Waals surface area (Å²) in [5.74, 6) is 0.313. The predicted octanol–water partition coefficient (Wildman–Crippen LogP) is 2.23. The molecular weight excluding hydrogens is 438 g/mol. The summed E-state index contributed by atoms with van der Waals surface area (Å²) in [7, 11) is 0. The Balaban J connectivity index is 1.28. The predicted molar refractivity (Wildman–Crippen MR) is 124 cm³/mol. The number of benzene rings is 2. The van der Waals surface area contributed by atoms with Crippen LogP contribution in [0.4, 0.5) is 11.4 Å². The van der Waals surface area contributed by atoms with Crippen molar-refractivity contribution in [3.8, 4) is 11.5 Å². The third-order valence-corrected chi connectivity index (χ3v) is 6.45. The van der Waals surface area contributed by atoms with Crippen molar-refractivity contribution < 1.29 is 28.6 Å². The first kappa shape index (κ1) is 22.2. The van der Waals surface area contributed by atoms with E-state index < -0.39 is 5.92 Å². The van der Waals surface area contributed by atoms with Crippen molar-refractivity contribution in [2.75, 3.05) is 56.3 Å². The van der Waals surface area contributed by atoms with E-state index in [0.717, 1.165) is 0 Å². The summed E-state index contributed by atoms with van der Waals surface area (Å²) in [6.07, 6.45) is 0.117. The van der Waals surface area contributed by atoms with Crippen molar-refractivity contribution in [3.05, 3.63) is 47.5 Å². The molecular formula is C25H27N3O6. The van der Waals surface area contributed by atoms with Gasteiger partial charge in [-0.3, -0.25) is 14.4 Å². The number of rotatable bonds is 4. The summed E-state index contributed by atoms with van der Waals surface area (Å²) in [5, 5.41) is 2.93. The van der Waals surface area contributed by atoms with Gasteiger partial charge in [-0.05, 0) is 36.8 Å². The third-order valence-electron chi connectivity index (χ3n) is 6.45. The van der Waals surface area contributed by atoms with Gasteiger partial charge in [0.25, 0.3) is 5.91 Å². The van der Waals surface area contributed by atoms with Crippen molar-refractivity contribution in [1.29, 1.82) is 0 Å². The molecule has 2 aromatic rings. The highest BCUT2D eigenvalue weighted by molar-refractivity contribution is 6.05. The molecule has 0 spiro atoms. The van der Waals surface area contributed by atoms with Gasteiger partial charge in [0.2, 0.25) is 11.8 Å². The second-order valence-electron chi connectivity index (χ2n) is 8.61. The Morgan fingerprint density at radius 3 is 2.56 bits per heavy atom. The molecule has 1 N–H and O–H groups in total. The average molecular weight is 466 g/mol. The molecule has 0 aromatic heterocycles. The molecule has 0 radical (unpaired) electrons. The fraction of sp³-hybridized carbons (Fsp3) is 0.400. The smallest absolute Gasteiger partial charge is 0.254 e. The lowest BCUT2D eigenvalue weighted by atomic mass is 10.0. The van der Waals surface area contributed by atoms with Crippen LogP contribution in [0.3, 0.4) is 0 Å². The van der Waals surface area contributed by atoms with E-state index in [2.05, 4.69) is 5.32 Å². The van der Waals surface area contributed by atoms with Crippen LogP contribution < -0.4 is 19.7 Å². The van der Waals surface area contributed by atoms with E-state index in [1.807, 2.05) is 6.92 Å². The minimum absolute atomic E-state index is 0.0715. The molecule has 2 aromatic carbocycles. The second-order valence-corrected chi connectivity index (χ2v) is 8.61. The quantitative estimate of drug-likeness (QED) is 0.744. The Kier molecular flexibility index (Phi) is 6.10. The number of hydrogen-bond donors (Lipinski definition) is 1. The third kappa shape index (κ3) is 4.31. The number of ether oxygens (including phenoxy) is 3. The van der Waals surface area contributed by atoms with Crippen LogP contribution in [-0.4, -0.2) is 68.7 Å². The van der Waals surface area contributed by atoms with Crippen LogP contribution in [0.2, 0.25) is 0 Å². The molecule has 3 heterocycles. The highest BCUT2D eigenvalue weighted by Crippen LogP contribution is 2.36. The molecule has 1 unspecified atom stereocenters. The lowest BCUT2D eigenvalue weighted by Gasteiger charge is -2.27. The monoisotopic (exact) mass is 465 g/mol. The van der Waals surface area contributed by atoms with Gasteiger partial charge in [-0.25, -0.2) is 0 Å². The highest BCUT2D eigenvalue weighted by atomic mass is 16.6. The summed E-state index contributed by atoms with van der Waals surface area (Å²) in [6.45, 7) is 5.20. The van der Waals surface area contributed by atoms with Gasteiger partial charge in [0.05, 0.1) is 19.1 Å². The van der Waals surface area contributed by atoms with Gasteiger partial charge in [-0.15, -0.1) is 0 Å². The maximum absolute atomic E-state index is 13.1. The number of nitrogens with one attached hydrogen (secondary N) is 1. The molecule has 0 aliphatic carbocycles. The highest BCUT2D eigenvalue weighted by Gasteiger charge is 2.36. The first-order chi connectivity index (χ1) is 16.5. The van der Waals surface area contributed by atoms with E-state index >= 15 is 0 Å². The van der Waals surface area contributed by atoms with E-state index in [1.54, 1.807) is 46.2 Å². The molecule has 3 aliphatic heterocycles. The molecule has 9 heteroatoms. The summed E-state index contributed by atoms with van der Waals surface area (Å²) in [6, 6.07) is 10.7. The maximum atomic E-state index is 13.1. The topological polar surface area (TPSA) is 97.4 Å². The minimum Gasteiger partial charge on any atom is -0.486 e. The average Bonchev–Trinajstić information content (AvgIpc) is 3.27. The molecule has 3 aliphatic rings. The summed E-state index contributed by atoms with van der Waals surface area (Å²) in [4.78, 5) is 42.1. The lowest BCUT2D eigenvalue weighted by Crippen LogP contribution is -2.41. The first-order valence-electron chi connectivity index (χ1n) is 11.5. The second kappa shape index (κ2) is 9.34. The number of nitrogens with zero attached hydrogens (tertiary/aromatic N) is 2. The Hall–Kier alpha value is -3.59. The molecule has 2 fully saturated rings. The number of carbonyl (C=O) groups is 3. The standard InChI is InChI=1S/C25H27N3O6/c1-16-19(25(31)27-7-9-32-10-8-27)3-2-4-20(16)26-24(30)17-13-23(29)28(15-17)18-5-6-21-22(14-18)34-12-11-33-21/h2-6,14,17H,7-13,15H2,1H3,(H,26,30). The number of hydrogen-bond acceptors (Lipinski definition) is 6. The van der Waals surface area contributed by atoms with Crippen LogP contribution in [0.25, 0.3) is 0 Å². The molecule has 5 rings (SSSR count). The van der Waals surface area contributed by atoms with Crippen LogP contribution in [0.15, 0.2) is 36.4 Å². The zero-order chi connectivity index (χ0) is 23.7. The van der Waals surface area contributed by atoms with Crippen LogP contribution in [0.1, 0.15) is 22.3 Å². The molecule has 2 saturated heterocycles. The molecule has 1 atom stereocenters. The van der Waals surface area contributed by atoms with Gasteiger partial charge in [0.1, 0.15) is 13.2 Å². The number of carbonyl (C=O) groups excluding carboxylic acids is 3. The SMILES string of the molecule is Cc1c(NC(=O)C2CC(=O)N(c3ccc4c(c3)OCCO4)C2)cccc1C(=O)N1CCOCC1. The molecule has 9 nitrogen and oxygen atoms in total. The van der Waals surface area contributed by atoms with Crippen LogP contribution >= 0.6 is 0 Å². The number of anilines is 2. The lowest BCUT2D eigenvalue weighted by molar-refractivity contribution is -0.122.